The van der Waals surface area contributed by atoms with Crippen LogP contribution in [0.1, 0.15) is 30.5 Å². The van der Waals surface area contributed by atoms with Gasteiger partial charge in [0.05, 0.1) is 24.7 Å². The van der Waals surface area contributed by atoms with Crippen LogP contribution >= 0.6 is 11.6 Å². The molecule has 3 rings (SSSR count). The Morgan fingerprint density at radius 2 is 1.88 bits per heavy atom. The lowest BCUT2D eigenvalue weighted by Crippen LogP contribution is -2.34. The molecule has 0 saturated heterocycles. The molecule has 25 heavy (non-hydrogen) atoms. The van der Waals surface area contributed by atoms with Crippen LogP contribution in [0.2, 0.25) is 5.02 Å². The molecule has 1 aliphatic heterocycles. The number of halogens is 1. The smallest absolute Gasteiger partial charge is 0.145 e. The highest BCUT2D eigenvalue weighted by molar-refractivity contribution is 6.32. The molecule has 5 heteroatoms. The number of nitrogens with zero attached hydrogens (tertiary/aromatic N) is 2. The minimum absolute atomic E-state index is 0.475. The summed E-state index contributed by atoms with van der Waals surface area (Å²) >= 11 is 6.35. The molecule has 0 radical (unpaired) electrons. The predicted molar refractivity (Wildman–Crippen MR) is 103 cm³/mol. The second-order valence-electron chi connectivity index (χ2n) is 6.74. The molecule has 0 amide bonds. The Bertz CT molecular complexity index is 756. The Morgan fingerprint density at radius 1 is 1.16 bits per heavy atom. The van der Waals surface area contributed by atoms with Crippen LogP contribution in [0.4, 0.5) is 0 Å². The van der Waals surface area contributed by atoms with Gasteiger partial charge in [0.1, 0.15) is 11.6 Å². The van der Waals surface area contributed by atoms with Gasteiger partial charge in [-0.25, -0.2) is 5.84 Å². The normalized spacial score (nSPS) is 14.1. The molecule has 0 aromatic heterocycles. The SMILES string of the molecule is CC(C)COc1ccc(Cc2ccc(C3=NCCN3N)cc2)cc1Cl. The Balaban J connectivity index is 1.67. The van der Waals surface area contributed by atoms with Crippen molar-refractivity contribution in [2.45, 2.75) is 20.3 Å². The molecule has 0 bridgehead atoms. The van der Waals surface area contributed by atoms with Gasteiger partial charge < -0.3 is 4.74 Å². The van der Waals surface area contributed by atoms with Crippen LogP contribution in [-0.2, 0) is 6.42 Å². The highest BCUT2D eigenvalue weighted by Gasteiger charge is 2.15. The minimum atomic E-state index is 0.475. The third-order valence-corrected chi connectivity index (χ3v) is 4.36. The summed E-state index contributed by atoms with van der Waals surface area (Å²) < 4.78 is 5.72. The van der Waals surface area contributed by atoms with Crippen molar-refractivity contribution >= 4 is 17.4 Å². The zero-order chi connectivity index (χ0) is 17.8. The molecular weight excluding hydrogens is 334 g/mol. The molecule has 132 valence electrons. The number of ether oxygens (including phenoxy) is 1. The van der Waals surface area contributed by atoms with Crippen LogP contribution in [0, 0.1) is 5.92 Å². The van der Waals surface area contributed by atoms with Gasteiger partial charge in [0.15, 0.2) is 0 Å². The van der Waals surface area contributed by atoms with Gasteiger partial charge in [-0.3, -0.25) is 10.0 Å². The Labute approximate surface area is 154 Å². The first kappa shape index (κ1) is 17.8. The van der Waals surface area contributed by atoms with Crippen LogP contribution in [-0.4, -0.2) is 30.5 Å². The van der Waals surface area contributed by atoms with Crippen molar-refractivity contribution in [2.75, 3.05) is 19.7 Å². The second kappa shape index (κ2) is 7.89. The topological polar surface area (TPSA) is 50.8 Å². The monoisotopic (exact) mass is 357 g/mol. The van der Waals surface area contributed by atoms with Crippen molar-refractivity contribution in [3.05, 3.63) is 64.2 Å². The quantitative estimate of drug-likeness (QED) is 0.797. The lowest BCUT2D eigenvalue weighted by molar-refractivity contribution is 0.271. The van der Waals surface area contributed by atoms with E-state index in [9.17, 15) is 0 Å². The van der Waals surface area contributed by atoms with Gasteiger partial charge in [-0.05, 0) is 35.6 Å². The fraction of sp³-hybridized carbons (Fsp3) is 0.350. The summed E-state index contributed by atoms with van der Waals surface area (Å²) in [4.78, 5) is 4.44. The van der Waals surface area contributed by atoms with E-state index in [4.69, 9.17) is 22.2 Å². The minimum Gasteiger partial charge on any atom is -0.492 e. The summed E-state index contributed by atoms with van der Waals surface area (Å²) in [5.41, 5.74) is 3.44. The lowest BCUT2D eigenvalue weighted by Gasteiger charge is -2.14. The Morgan fingerprint density at radius 3 is 2.48 bits per heavy atom. The zero-order valence-electron chi connectivity index (χ0n) is 14.7. The summed E-state index contributed by atoms with van der Waals surface area (Å²) in [6.07, 6.45) is 0.823. The summed E-state index contributed by atoms with van der Waals surface area (Å²) in [5, 5.41) is 2.36. The third kappa shape index (κ3) is 4.53. The van der Waals surface area contributed by atoms with Crippen molar-refractivity contribution in [1.82, 2.24) is 5.01 Å². The molecule has 2 aromatic carbocycles. The standard InChI is InChI=1S/C20H24ClN3O/c1-14(2)13-25-19-8-5-16(12-18(19)21)11-15-3-6-17(7-4-15)20-23-9-10-24(20)22/h3-8,12,14H,9-11,13,22H2,1-2H3. The van der Waals surface area contributed by atoms with E-state index in [1.54, 1.807) is 5.01 Å². The number of hydrogen-bond donors (Lipinski definition) is 1. The summed E-state index contributed by atoms with van der Waals surface area (Å²) in [5.74, 6) is 8.01. The average molecular weight is 358 g/mol. The molecule has 0 fully saturated rings. The van der Waals surface area contributed by atoms with E-state index >= 15 is 0 Å². The summed E-state index contributed by atoms with van der Waals surface area (Å²) in [6.45, 7) is 6.45. The van der Waals surface area contributed by atoms with E-state index in [2.05, 4.69) is 49.2 Å². The first-order chi connectivity index (χ1) is 12.0. The summed E-state index contributed by atoms with van der Waals surface area (Å²) in [7, 11) is 0. The molecule has 0 atom stereocenters. The molecule has 0 aliphatic carbocycles. The van der Waals surface area contributed by atoms with Crippen LogP contribution in [0.5, 0.6) is 5.75 Å². The van der Waals surface area contributed by atoms with Crippen LogP contribution in [0.3, 0.4) is 0 Å². The fourth-order valence-electron chi connectivity index (χ4n) is 2.75. The maximum Gasteiger partial charge on any atom is 0.145 e. The molecule has 2 aromatic rings. The van der Waals surface area contributed by atoms with E-state index in [1.165, 1.54) is 5.56 Å². The lowest BCUT2D eigenvalue weighted by atomic mass is 10.0. The number of rotatable bonds is 6. The van der Waals surface area contributed by atoms with E-state index in [0.29, 0.717) is 17.5 Å². The number of nitrogens with two attached hydrogens (primary N) is 1. The Kier molecular flexibility index (Phi) is 5.61. The van der Waals surface area contributed by atoms with Gasteiger partial charge in [0.2, 0.25) is 0 Å². The number of amidine groups is 1. The van der Waals surface area contributed by atoms with Crippen LogP contribution in [0.15, 0.2) is 47.5 Å². The first-order valence-electron chi connectivity index (χ1n) is 8.60. The summed E-state index contributed by atoms with van der Waals surface area (Å²) in [6, 6.07) is 14.4. The number of aliphatic imine (C=N–C) groups is 1. The zero-order valence-corrected chi connectivity index (χ0v) is 15.5. The Hall–Kier alpha value is -2.04. The number of hydrazine groups is 1. The van der Waals surface area contributed by atoms with Crippen molar-refractivity contribution in [2.24, 2.45) is 16.8 Å². The van der Waals surface area contributed by atoms with Gasteiger partial charge in [0.25, 0.3) is 0 Å². The predicted octanol–water partition coefficient (Wildman–Crippen LogP) is 3.90. The molecule has 1 aliphatic rings. The molecule has 0 spiro atoms. The van der Waals surface area contributed by atoms with Gasteiger partial charge in [-0.15, -0.1) is 0 Å². The van der Waals surface area contributed by atoms with E-state index < -0.39 is 0 Å². The maximum absolute atomic E-state index is 6.35. The van der Waals surface area contributed by atoms with Crippen molar-refractivity contribution in [3.63, 3.8) is 0 Å². The van der Waals surface area contributed by atoms with Crippen molar-refractivity contribution in [3.8, 4) is 5.75 Å². The van der Waals surface area contributed by atoms with Gasteiger partial charge in [-0.1, -0.05) is 55.8 Å². The first-order valence-corrected chi connectivity index (χ1v) is 8.98. The van der Waals surface area contributed by atoms with E-state index in [-0.39, 0.29) is 0 Å². The fourth-order valence-corrected chi connectivity index (χ4v) is 3.01. The highest BCUT2D eigenvalue weighted by Crippen LogP contribution is 2.27. The average Bonchev–Trinajstić information content (AvgIpc) is 3.01. The van der Waals surface area contributed by atoms with Crippen molar-refractivity contribution in [1.29, 1.82) is 0 Å². The number of benzene rings is 2. The second-order valence-corrected chi connectivity index (χ2v) is 7.15. The van der Waals surface area contributed by atoms with E-state index in [1.807, 2.05) is 12.1 Å². The van der Waals surface area contributed by atoms with Crippen LogP contribution < -0.4 is 10.6 Å². The highest BCUT2D eigenvalue weighted by atomic mass is 35.5. The number of hydrogen-bond acceptors (Lipinski definition) is 4. The third-order valence-electron chi connectivity index (χ3n) is 4.06. The molecule has 0 unspecified atom stereocenters. The molecule has 4 nitrogen and oxygen atoms in total. The molecule has 1 heterocycles. The molecule has 2 N–H and O–H groups in total. The largest absolute Gasteiger partial charge is 0.492 e. The van der Waals surface area contributed by atoms with Gasteiger partial charge in [0, 0.05) is 5.56 Å². The van der Waals surface area contributed by atoms with E-state index in [0.717, 1.165) is 42.2 Å². The van der Waals surface area contributed by atoms with Crippen molar-refractivity contribution < 1.29 is 4.74 Å². The maximum atomic E-state index is 6.35. The molecule has 0 saturated carbocycles. The van der Waals surface area contributed by atoms with Gasteiger partial charge >= 0.3 is 0 Å². The van der Waals surface area contributed by atoms with Gasteiger partial charge in [-0.2, -0.15) is 0 Å². The molecular formula is C20H24ClN3O. The van der Waals surface area contributed by atoms with Crippen LogP contribution in [0.25, 0.3) is 0 Å².